The van der Waals surface area contributed by atoms with Crippen molar-refractivity contribution < 1.29 is 9.84 Å². The van der Waals surface area contributed by atoms with Gasteiger partial charge in [-0.15, -0.1) is 24.0 Å². The van der Waals surface area contributed by atoms with E-state index in [-0.39, 0.29) is 41.1 Å². The lowest BCUT2D eigenvalue weighted by molar-refractivity contribution is -0.176. The minimum atomic E-state index is -0.177. The van der Waals surface area contributed by atoms with E-state index in [1.165, 1.54) is 0 Å². The number of methoxy groups -OCH3 is 1. The maximum absolute atomic E-state index is 9.93. The van der Waals surface area contributed by atoms with Crippen LogP contribution in [0, 0.1) is 11.3 Å². The van der Waals surface area contributed by atoms with Gasteiger partial charge in [-0.1, -0.05) is 20.3 Å². The average Bonchev–Trinajstić information content (AvgIpc) is 2.89. The molecule has 6 heteroatoms. The third-order valence-electron chi connectivity index (χ3n) is 6.04. The van der Waals surface area contributed by atoms with E-state index < -0.39 is 0 Å². The summed E-state index contributed by atoms with van der Waals surface area (Å²) in [6.45, 7) is 10.3. The Balaban J connectivity index is 0.00000264. The zero-order chi connectivity index (χ0) is 16.4. The van der Waals surface area contributed by atoms with Crippen molar-refractivity contribution in [3.05, 3.63) is 0 Å². The molecule has 0 saturated heterocycles. The number of guanidine groups is 1. The number of halogens is 1. The van der Waals surface area contributed by atoms with Crippen molar-refractivity contribution in [2.45, 2.75) is 71.1 Å². The normalized spacial score (nSPS) is 36.1. The minimum Gasteiger partial charge on any atom is -0.393 e. The van der Waals surface area contributed by atoms with Gasteiger partial charge in [0.1, 0.15) is 0 Å². The largest absolute Gasteiger partial charge is 0.393 e. The molecule has 23 heavy (non-hydrogen) atoms. The summed E-state index contributed by atoms with van der Waals surface area (Å²) in [5.74, 6) is 1.17. The second kappa shape index (κ2) is 8.34. The summed E-state index contributed by atoms with van der Waals surface area (Å²) in [4.78, 5) is 4.70. The van der Waals surface area contributed by atoms with Crippen LogP contribution in [0.2, 0.25) is 0 Å². The molecule has 5 nitrogen and oxygen atoms in total. The van der Waals surface area contributed by atoms with E-state index >= 15 is 0 Å². The number of nitrogens with one attached hydrogen (secondary N) is 2. The Kier molecular flexibility index (Phi) is 7.60. The van der Waals surface area contributed by atoms with Crippen LogP contribution in [0.5, 0.6) is 0 Å². The van der Waals surface area contributed by atoms with E-state index in [9.17, 15) is 5.11 Å². The van der Waals surface area contributed by atoms with Crippen molar-refractivity contribution in [1.82, 2.24) is 10.6 Å². The first-order valence-electron chi connectivity index (χ1n) is 8.62. The number of ether oxygens (including phenoxy) is 1. The van der Waals surface area contributed by atoms with Gasteiger partial charge in [-0.2, -0.15) is 0 Å². The molecule has 0 radical (unpaired) electrons. The van der Waals surface area contributed by atoms with E-state index in [2.05, 4.69) is 38.3 Å². The van der Waals surface area contributed by atoms with Gasteiger partial charge in [-0.05, 0) is 33.1 Å². The van der Waals surface area contributed by atoms with E-state index in [0.717, 1.165) is 38.2 Å². The molecule has 136 valence electrons. The number of hydrogen-bond donors (Lipinski definition) is 3. The summed E-state index contributed by atoms with van der Waals surface area (Å²) in [5.41, 5.74) is -0.0194. The lowest BCUT2D eigenvalue weighted by Gasteiger charge is -2.59. The molecule has 2 aliphatic rings. The molecule has 3 N–H and O–H groups in total. The maximum Gasteiger partial charge on any atom is 0.191 e. The molecule has 0 heterocycles. The number of aliphatic hydroxyl groups is 1. The van der Waals surface area contributed by atoms with Crippen LogP contribution >= 0.6 is 24.0 Å². The summed E-state index contributed by atoms with van der Waals surface area (Å²) in [7, 11) is 1.79. The molecule has 0 spiro atoms. The van der Waals surface area contributed by atoms with Crippen molar-refractivity contribution in [2.75, 3.05) is 20.2 Å². The van der Waals surface area contributed by atoms with Crippen LogP contribution in [0.25, 0.3) is 0 Å². The van der Waals surface area contributed by atoms with Crippen molar-refractivity contribution >= 4 is 29.9 Å². The quantitative estimate of drug-likeness (QED) is 0.350. The first-order valence-corrected chi connectivity index (χ1v) is 8.62. The fourth-order valence-electron chi connectivity index (χ4n) is 3.65. The van der Waals surface area contributed by atoms with Crippen LogP contribution in [0.15, 0.2) is 4.99 Å². The molecule has 0 aliphatic heterocycles. The third-order valence-corrected chi connectivity index (χ3v) is 6.04. The Hall–Kier alpha value is -0.0800. The summed E-state index contributed by atoms with van der Waals surface area (Å²) in [6, 6.07) is 0.351. The Morgan fingerprint density at radius 3 is 2.48 bits per heavy atom. The Bertz CT molecular complexity index is 417. The smallest absolute Gasteiger partial charge is 0.191 e. The van der Waals surface area contributed by atoms with Crippen LogP contribution in [-0.4, -0.2) is 49.0 Å². The van der Waals surface area contributed by atoms with Crippen LogP contribution in [-0.2, 0) is 4.74 Å². The van der Waals surface area contributed by atoms with Gasteiger partial charge in [-0.3, -0.25) is 4.99 Å². The molecule has 0 bridgehead atoms. The number of rotatable bonds is 5. The summed E-state index contributed by atoms with van der Waals surface area (Å²) in [5, 5.41) is 16.8. The van der Waals surface area contributed by atoms with Crippen LogP contribution in [0.4, 0.5) is 0 Å². The predicted octanol–water partition coefficient (Wildman–Crippen LogP) is 2.52. The number of aliphatic imine (C=N–C) groups is 1. The van der Waals surface area contributed by atoms with E-state index in [4.69, 9.17) is 9.73 Å². The second-order valence-corrected chi connectivity index (χ2v) is 7.54. The van der Waals surface area contributed by atoms with Gasteiger partial charge in [0.05, 0.1) is 11.7 Å². The monoisotopic (exact) mass is 439 g/mol. The maximum atomic E-state index is 9.93. The van der Waals surface area contributed by atoms with Gasteiger partial charge in [0.25, 0.3) is 0 Å². The van der Waals surface area contributed by atoms with Gasteiger partial charge in [0.2, 0.25) is 0 Å². The number of hydrogen-bond acceptors (Lipinski definition) is 3. The van der Waals surface area contributed by atoms with Crippen molar-refractivity contribution in [2.24, 2.45) is 16.3 Å². The van der Waals surface area contributed by atoms with Crippen molar-refractivity contribution in [1.29, 1.82) is 0 Å². The zero-order valence-electron chi connectivity index (χ0n) is 15.2. The molecular weight excluding hydrogens is 405 g/mol. The van der Waals surface area contributed by atoms with Crippen LogP contribution < -0.4 is 10.6 Å². The Labute approximate surface area is 158 Å². The fraction of sp³-hybridized carbons (Fsp3) is 0.941. The first-order chi connectivity index (χ1) is 10.3. The first kappa shape index (κ1) is 21.0. The molecule has 0 aromatic rings. The molecule has 2 fully saturated rings. The van der Waals surface area contributed by atoms with E-state index in [1.54, 1.807) is 7.11 Å². The topological polar surface area (TPSA) is 65.9 Å². The molecule has 0 amide bonds. The summed E-state index contributed by atoms with van der Waals surface area (Å²) < 4.78 is 5.68. The van der Waals surface area contributed by atoms with Crippen LogP contribution in [0.3, 0.4) is 0 Å². The third kappa shape index (κ3) is 4.31. The number of nitrogens with zero attached hydrogens (tertiary/aromatic N) is 1. The van der Waals surface area contributed by atoms with Crippen molar-refractivity contribution in [3.63, 3.8) is 0 Å². The lowest BCUT2D eigenvalue weighted by atomic mass is 9.56. The zero-order valence-corrected chi connectivity index (χ0v) is 17.5. The Morgan fingerprint density at radius 2 is 2.00 bits per heavy atom. The van der Waals surface area contributed by atoms with Gasteiger partial charge >= 0.3 is 0 Å². The standard InChI is InChI=1S/C17H33N3O2.HI/c1-6-18-15(19-11-12-8-7-9-13(12)21)20-14-10-17(4,22-5)16(14,2)3;/h12-14,21H,6-11H2,1-5H3,(H2,18,19,20);1H. The second-order valence-electron chi connectivity index (χ2n) is 7.54. The minimum absolute atomic E-state index is 0. The highest BCUT2D eigenvalue weighted by Gasteiger charge is 2.58. The van der Waals surface area contributed by atoms with Gasteiger partial charge in [0, 0.05) is 37.6 Å². The predicted molar refractivity (Wildman–Crippen MR) is 105 cm³/mol. The highest BCUT2D eigenvalue weighted by atomic mass is 127. The van der Waals surface area contributed by atoms with Gasteiger partial charge in [-0.25, -0.2) is 0 Å². The molecule has 2 rings (SSSR count). The van der Waals surface area contributed by atoms with E-state index in [1.807, 2.05) is 0 Å². The van der Waals surface area contributed by atoms with Crippen LogP contribution in [0.1, 0.15) is 53.4 Å². The molecule has 4 unspecified atom stereocenters. The summed E-state index contributed by atoms with van der Waals surface area (Å²) in [6.07, 6.45) is 3.93. The lowest BCUT2D eigenvalue weighted by Crippen LogP contribution is -2.69. The Morgan fingerprint density at radius 1 is 1.30 bits per heavy atom. The SMILES string of the molecule is CCNC(=NCC1CCCC1O)NC1CC(C)(OC)C1(C)C.I. The van der Waals surface area contributed by atoms with E-state index in [0.29, 0.717) is 18.5 Å². The van der Waals surface area contributed by atoms with Gasteiger partial charge < -0.3 is 20.5 Å². The highest BCUT2D eigenvalue weighted by Crippen LogP contribution is 2.51. The average molecular weight is 439 g/mol. The highest BCUT2D eigenvalue weighted by molar-refractivity contribution is 14.0. The molecule has 2 aliphatic carbocycles. The molecule has 4 atom stereocenters. The van der Waals surface area contributed by atoms with Gasteiger partial charge in [0.15, 0.2) is 5.96 Å². The molecule has 0 aromatic heterocycles. The molecular formula is C17H34IN3O2. The fourth-order valence-corrected chi connectivity index (χ4v) is 3.65. The molecule has 0 aromatic carbocycles. The number of aliphatic hydroxyl groups excluding tert-OH is 1. The summed E-state index contributed by atoms with van der Waals surface area (Å²) >= 11 is 0. The molecule has 2 saturated carbocycles. The van der Waals surface area contributed by atoms with Crippen molar-refractivity contribution in [3.8, 4) is 0 Å².